The second-order valence-corrected chi connectivity index (χ2v) is 6.00. The highest BCUT2D eigenvalue weighted by atomic mass is 16.5. The van der Waals surface area contributed by atoms with Gasteiger partial charge in [0.05, 0.1) is 19.8 Å². The highest BCUT2D eigenvalue weighted by Crippen LogP contribution is 2.07. The van der Waals surface area contributed by atoms with Crippen LogP contribution in [0.1, 0.15) is 22.8 Å². The van der Waals surface area contributed by atoms with Crippen molar-refractivity contribution in [2.24, 2.45) is 0 Å². The second-order valence-electron chi connectivity index (χ2n) is 6.00. The van der Waals surface area contributed by atoms with E-state index in [0.29, 0.717) is 24.7 Å². The Hall–Kier alpha value is -2.25. The Bertz CT molecular complexity index is 636. The predicted molar refractivity (Wildman–Crippen MR) is 89.8 cm³/mol. The van der Waals surface area contributed by atoms with Gasteiger partial charge in [-0.15, -0.1) is 0 Å². The van der Waals surface area contributed by atoms with Gasteiger partial charge in [0.2, 0.25) is 0 Å². The van der Waals surface area contributed by atoms with Gasteiger partial charge in [0, 0.05) is 31.2 Å². The Morgan fingerprint density at radius 3 is 2.71 bits per heavy atom. The molecule has 0 saturated carbocycles. The summed E-state index contributed by atoms with van der Waals surface area (Å²) in [6, 6.07) is 7.90. The van der Waals surface area contributed by atoms with E-state index in [0.717, 1.165) is 31.9 Å². The van der Waals surface area contributed by atoms with Crippen molar-refractivity contribution in [3.8, 4) is 0 Å². The number of ether oxygens (including phenoxy) is 1. The third kappa shape index (κ3) is 4.39. The number of benzene rings is 1. The number of hydrogen-bond donors (Lipinski definition) is 1. The van der Waals surface area contributed by atoms with Gasteiger partial charge in [0.25, 0.3) is 5.91 Å². The molecule has 1 amide bonds. The number of carbonyl (C=O) groups is 1. The summed E-state index contributed by atoms with van der Waals surface area (Å²) in [6.45, 7) is 6.81. The van der Waals surface area contributed by atoms with Gasteiger partial charge in [-0.2, -0.15) is 5.10 Å². The number of nitrogens with one attached hydrogen (secondary N) is 1. The molecule has 0 spiro atoms. The van der Waals surface area contributed by atoms with Crippen molar-refractivity contribution in [1.82, 2.24) is 25.0 Å². The van der Waals surface area contributed by atoms with Crippen LogP contribution in [0.25, 0.3) is 0 Å². The largest absolute Gasteiger partial charge is 0.379 e. The minimum atomic E-state index is -0.0394. The molecule has 1 saturated heterocycles. The van der Waals surface area contributed by atoms with Crippen LogP contribution in [0.2, 0.25) is 0 Å². The van der Waals surface area contributed by atoms with Gasteiger partial charge in [0.1, 0.15) is 12.7 Å². The topological polar surface area (TPSA) is 72.3 Å². The van der Waals surface area contributed by atoms with Crippen LogP contribution in [-0.4, -0.2) is 64.5 Å². The van der Waals surface area contributed by atoms with Gasteiger partial charge in [0.15, 0.2) is 0 Å². The van der Waals surface area contributed by atoms with Crippen LogP contribution in [0.5, 0.6) is 0 Å². The number of nitrogens with zero attached hydrogens (tertiary/aromatic N) is 4. The maximum Gasteiger partial charge on any atom is 0.251 e. The van der Waals surface area contributed by atoms with Crippen LogP contribution in [0.4, 0.5) is 0 Å². The highest BCUT2D eigenvalue weighted by molar-refractivity contribution is 5.94. The lowest BCUT2D eigenvalue weighted by atomic mass is 10.1. The molecule has 0 aliphatic carbocycles. The van der Waals surface area contributed by atoms with Crippen LogP contribution in [0, 0.1) is 0 Å². The molecule has 7 heteroatoms. The fourth-order valence-electron chi connectivity index (χ4n) is 2.75. The summed E-state index contributed by atoms with van der Waals surface area (Å²) >= 11 is 0. The van der Waals surface area contributed by atoms with Crippen molar-refractivity contribution in [3.05, 3.63) is 48.0 Å². The lowest BCUT2D eigenvalue weighted by Crippen LogP contribution is -2.47. The first-order valence-electron chi connectivity index (χ1n) is 8.24. The monoisotopic (exact) mass is 329 g/mol. The quantitative estimate of drug-likeness (QED) is 0.848. The van der Waals surface area contributed by atoms with E-state index in [1.54, 1.807) is 11.0 Å². The number of morpholine rings is 1. The standard InChI is InChI=1S/C17H23N5O2/c1-14(21-6-8-24-9-7-21)10-19-17(23)16-4-2-15(3-5-16)11-22-13-18-12-20-22/h2-5,12-14H,6-11H2,1H3,(H,19,23)/t14-/m0/s1. The molecule has 2 aromatic rings. The molecule has 1 fully saturated rings. The predicted octanol–water partition coefficient (Wildman–Crippen LogP) is 0.777. The third-order valence-electron chi connectivity index (χ3n) is 4.25. The number of rotatable bonds is 6. The van der Waals surface area contributed by atoms with Gasteiger partial charge >= 0.3 is 0 Å². The molecule has 0 unspecified atom stereocenters. The first-order valence-corrected chi connectivity index (χ1v) is 8.24. The normalized spacial score (nSPS) is 16.7. The zero-order valence-electron chi connectivity index (χ0n) is 13.9. The van der Waals surface area contributed by atoms with E-state index < -0.39 is 0 Å². The number of carbonyl (C=O) groups excluding carboxylic acids is 1. The van der Waals surface area contributed by atoms with Gasteiger partial charge in [-0.3, -0.25) is 9.69 Å². The second kappa shape index (κ2) is 8.03. The van der Waals surface area contributed by atoms with E-state index in [1.165, 1.54) is 6.33 Å². The molecule has 128 valence electrons. The van der Waals surface area contributed by atoms with E-state index in [9.17, 15) is 4.79 Å². The molecule has 7 nitrogen and oxygen atoms in total. The maximum atomic E-state index is 12.3. The maximum absolute atomic E-state index is 12.3. The average molecular weight is 329 g/mol. The molecule has 24 heavy (non-hydrogen) atoms. The van der Waals surface area contributed by atoms with Crippen LogP contribution < -0.4 is 5.32 Å². The third-order valence-corrected chi connectivity index (χ3v) is 4.25. The van der Waals surface area contributed by atoms with Gasteiger partial charge in [-0.05, 0) is 24.6 Å². The molecular formula is C17H23N5O2. The summed E-state index contributed by atoms with van der Waals surface area (Å²) in [5.41, 5.74) is 1.75. The van der Waals surface area contributed by atoms with Crippen molar-refractivity contribution in [2.45, 2.75) is 19.5 Å². The summed E-state index contributed by atoms with van der Waals surface area (Å²) in [7, 11) is 0. The average Bonchev–Trinajstić information content (AvgIpc) is 3.14. The summed E-state index contributed by atoms with van der Waals surface area (Å²) in [5.74, 6) is -0.0394. The Morgan fingerprint density at radius 2 is 2.04 bits per heavy atom. The molecule has 1 aliphatic heterocycles. The van der Waals surface area contributed by atoms with E-state index in [2.05, 4.69) is 27.2 Å². The number of amides is 1. The zero-order chi connectivity index (χ0) is 16.8. The summed E-state index contributed by atoms with van der Waals surface area (Å²) in [5, 5.41) is 7.09. The van der Waals surface area contributed by atoms with E-state index >= 15 is 0 Å². The van der Waals surface area contributed by atoms with Crippen molar-refractivity contribution in [1.29, 1.82) is 0 Å². The van der Waals surface area contributed by atoms with Crippen LogP contribution >= 0.6 is 0 Å². The lowest BCUT2D eigenvalue weighted by Gasteiger charge is -2.32. The van der Waals surface area contributed by atoms with Gasteiger partial charge in [-0.25, -0.2) is 9.67 Å². The molecule has 0 bridgehead atoms. The van der Waals surface area contributed by atoms with E-state index in [1.807, 2.05) is 24.3 Å². The molecule has 1 aromatic heterocycles. The zero-order valence-corrected chi connectivity index (χ0v) is 13.9. The van der Waals surface area contributed by atoms with Crippen molar-refractivity contribution >= 4 is 5.91 Å². The van der Waals surface area contributed by atoms with Crippen LogP contribution in [-0.2, 0) is 11.3 Å². The molecule has 1 aromatic carbocycles. The minimum absolute atomic E-state index is 0.0394. The first kappa shape index (κ1) is 16.6. The fraction of sp³-hybridized carbons (Fsp3) is 0.471. The molecule has 0 radical (unpaired) electrons. The Kier molecular flexibility index (Phi) is 5.55. The minimum Gasteiger partial charge on any atom is -0.379 e. The van der Waals surface area contributed by atoms with Gasteiger partial charge in [-0.1, -0.05) is 12.1 Å². The Balaban J connectivity index is 1.49. The number of aromatic nitrogens is 3. The van der Waals surface area contributed by atoms with Crippen molar-refractivity contribution < 1.29 is 9.53 Å². The van der Waals surface area contributed by atoms with E-state index in [4.69, 9.17) is 4.74 Å². The Labute approximate surface area is 141 Å². The first-order chi connectivity index (χ1) is 11.7. The molecule has 2 heterocycles. The Morgan fingerprint density at radius 1 is 1.29 bits per heavy atom. The molecule has 3 rings (SSSR count). The lowest BCUT2D eigenvalue weighted by molar-refractivity contribution is 0.0204. The number of hydrogen-bond acceptors (Lipinski definition) is 5. The highest BCUT2D eigenvalue weighted by Gasteiger charge is 2.17. The fourth-order valence-corrected chi connectivity index (χ4v) is 2.75. The van der Waals surface area contributed by atoms with E-state index in [-0.39, 0.29) is 5.91 Å². The smallest absolute Gasteiger partial charge is 0.251 e. The van der Waals surface area contributed by atoms with Crippen LogP contribution in [0.3, 0.4) is 0 Å². The van der Waals surface area contributed by atoms with Crippen LogP contribution in [0.15, 0.2) is 36.9 Å². The summed E-state index contributed by atoms with van der Waals surface area (Å²) < 4.78 is 7.10. The van der Waals surface area contributed by atoms with Gasteiger partial charge < -0.3 is 10.1 Å². The molecule has 1 aliphatic rings. The SMILES string of the molecule is C[C@@H](CNC(=O)c1ccc(Cn2cncn2)cc1)N1CCOCC1. The van der Waals surface area contributed by atoms with Crippen molar-refractivity contribution in [2.75, 3.05) is 32.8 Å². The molecular weight excluding hydrogens is 306 g/mol. The summed E-state index contributed by atoms with van der Waals surface area (Å²) in [4.78, 5) is 18.5. The summed E-state index contributed by atoms with van der Waals surface area (Å²) in [6.07, 6.45) is 3.19. The molecule has 1 N–H and O–H groups in total. The molecule has 1 atom stereocenters. The van der Waals surface area contributed by atoms with Crippen molar-refractivity contribution in [3.63, 3.8) is 0 Å².